The number of allylic oxidation sites excluding steroid dienone is 1. The fourth-order valence-electron chi connectivity index (χ4n) is 3.28. The van der Waals surface area contributed by atoms with Crippen molar-refractivity contribution < 1.29 is 19.2 Å². The number of hydrogen-bond donors (Lipinski definition) is 2. The molecular formula is C22H22N4O5S. The van der Waals surface area contributed by atoms with Crippen molar-refractivity contribution in [1.29, 1.82) is 0 Å². The van der Waals surface area contributed by atoms with Gasteiger partial charge in [0.1, 0.15) is 0 Å². The van der Waals surface area contributed by atoms with Crippen molar-refractivity contribution in [2.45, 2.75) is 19.9 Å². The highest BCUT2D eigenvalue weighted by Crippen LogP contribution is 2.31. The summed E-state index contributed by atoms with van der Waals surface area (Å²) in [6, 6.07) is 11.9. The van der Waals surface area contributed by atoms with Gasteiger partial charge in [-0.3, -0.25) is 14.9 Å². The van der Waals surface area contributed by atoms with Crippen LogP contribution in [-0.4, -0.2) is 40.5 Å². The van der Waals surface area contributed by atoms with Crippen LogP contribution in [0.25, 0.3) is 0 Å². The lowest BCUT2D eigenvalue weighted by atomic mass is 9.95. The van der Waals surface area contributed by atoms with Crippen LogP contribution in [0.15, 0.2) is 59.8 Å². The van der Waals surface area contributed by atoms with Crippen LogP contribution in [0.3, 0.4) is 0 Å². The lowest BCUT2D eigenvalue weighted by molar-refractivity contribution is -0.384. The molecule has 0 radical (unpaired) electrons. The number of nitrogens with zero attached hydrogens (tertiary/aromatic N) is 2. The molecule has 166 valence electrons. The summed E-state index contributed by atoms with van der Waals surface area (Å²) < 4.78 is 5.23. The van der Waals surface area contributed by atoms with Gasteiger partial charge in [-0.15, -0.1) is 0 Å². The second-order valence-corrected chi connectivity index (χ2v) is 7.43. The minimum Gasteiger partial charge on any atom is -0.463 e. The maximum Gasteiger partial charge on any atom is 0.338 e. The zero-order valence-corrected chi connectivity index (χ0v) is 18.6. The molecule has 2 aromatic carbocycles. The summed E-state index contributed by atoms with van der Waals surface area (Å²) in [5.41, 5.74) is 2.42. The Morgan fingerprint density at radius 2 is 1.94 bits per heavy atom. The van der Waals surface area contributed by atoms with Crippen molar-refractivity contribution in [3.8, 4) is 0 Å². The van der Waals surface area contributed by atoms with E-state index in [1.807, 2.05) is 0 Å². The average molecular weight is 455 g/mol. The number of nitrogens with one attached hydrogen (secondary N) is 2. The molecule has 2 N–H and O–H groups in total. The van der Waals surface area contributed by atoms with Gasteiger partial charge in [-0.25, -0.2) is 4.79 Å². The molecular weight excluding hydrogens is 432 g/mol. The third-order valence-electron chi connectivity index (χ3n) is 5.07. The van der Waals surface area contributed by atoms with E-state index >= 15 is 0 Å². The molecule has 0 bridgehead atoms. The van der Waals surface area contributed by atoms with Crippen LogP contribution in [0.5, 0.6) is 0 Å². The first-order valence-corrected chi connectivity index (χ1v) is 10.2. The Kier molecular flexibility index (Phi) is 6.84. The number of non-ortho nitro benzene ring substituents is 1. The summed E-state index contributed by atoms with van der Waals surface area (Å²) >= 11 is 5.38. The zero-order valence-electron chi connectivity index (χ0n) is 17.7. The number of amides is 1. The highest BCUT2D eigenvalue weighted by Gasteiger charge is 2.33. The quantitative estimate of drug-likeness (QED) is 0.295. The number of thiocarbonyl (C=S) groups is 1. The standard InChI is InChI=1S/C22H22N4O5S/c1-4-31-21(28)18-13(2)25(3)22(32)24-19(18)14-8-10-16(11-9-14)23-20(27)15-6-5-7-17(12-15)26(29)30/h5-12,19H,4H2,1-3H3,(H,23,27)(H,24,32)/t19-/m1/s1. The van der Waals surface area contributed by atoms with Crippen molar-refractivity contribution in [3.05, 3.63) is 81.0 Å². The molecule has 0 spiro atoms. The van der Waals surface area contributed by atoms with E-state index < -0.39 is 22.8 Å². The highest BCUT2D eigenvalue weighted by atomic mass is 32.1. The fourth-order valence-corrected chi connectivity index (χ4v) is 3.54. The number of carbonyl (C=O) groups is 2. The molecule has 9 nitrogen and oxygen atoms in total. The Balaban J connectivity index is 1.83. The Hall–Kier alpha value is -3.79. The van der Waals surface area contributed by atoms with Crippen LogP contribution < -0.4 is 10.6 Å². The van der Waals surface area contributed by atoms with E-state index in [9.17, 15) is 19.7 Å². The third kappa shape index (κ3) is 4.75. The second kappa shape index (κ2) is 9.56. The molecule has 0 saturated carbocycles. The number of benzene rings is 2. The summed E-state index contributed by atoms with van der Waals surface area (Å²) in [6.07, 6.45) is 0. The molecule has 3 rings (SSSR count). The molecule has 0 aromatic heterocycles. The molecule has 2 aromatic rings. The van der Waals surface area contributed by atoms with Crippen LogP contribution >= 0.6 is 12.2 Å². The van der Waals surface area contributed by atoms with Gasteiger partial charge >= 0.3 is 5.97 Å². The van der Waals surface area contributed by atoms with Crippen molar-refractivity contribution in [2.75, 3.05) is 19.0 Å². The largest absolute Gasteiger partial charge is 0.463 e. The van der Waals surface area contributed by atoms with E-state index in [2.05, 4.69) is 10.6 Å². The Labute approximate surface area is 190 Å². The second-order valence-electron chi connectivity index (χ2n) is 7.04. The van der Waals surface area contributed by atoms with E-state index in [1.165, 1.54) is 24.3 Å². The highest BCUT2D eigenvalue weighted by molar-refractivity contribution is 7.80. The molecule has 32 heavy (non-hydrogen) atoms. The SMILES string of the molecule is CCOC(=O)C1=C(C)N(C)C(=S)N[C@@H]1c1ccc(NC(=O)c2cccc([N+](=O)[O-])c2)cc1. The molecule has 0 unspecified atom stereocenters. The maximum atomic E-state index is 12.6. The van der Waals surface area contributed by atoms with Gasteiger partial charge in [0.15, 0.2) is 5.11 Å². The number of esters is 1. The number of hydrogen-bond acceptors (Lipinski definition) is 6. The zero-order chi connectivity index (χ0) is 23.4. The van der Waals surface area contributed by atoms with Crippen LogP contribution in [-0.2, 0) is 9.53 Å². The van der Waals surface area contributed by atoms with Gasteiger partial charge in [0.2, 0.25) is 0 Å². The normalized spacial score (nSPS) is 15.8. The monoisotopic (exact) mass is 454 g/mol. The predicted molar refractivity (Wildman–Crippen MR) is 123 cm³/mol. The van der Waals surface area contributed by atoms with Gasteiger partial charge in [-0.1, -0.05) is 18.2 Å². The van der Waals surface area contributed by atoms with E-state index in [0.29, 0.717) is 22.1 Å². The molecule has 10 heteroatoms. The van der Waals surface area contributed by atoms with Crippen LogP contribution in [0.1, 0.15) is 35.8 Å². The van der Waals surface area contributed by atoms with Crippen molar-refractivity contribution in [2.24, 2.45) is 0 Å². The van der Waals surface area contributed by atoms with Crippen LogP contribution in [0, 0.1) is 10.1 Å². The Morgan fingerprint density at radius 3 is 2.56 bits per heavy atom. The van der Waals surface area contributed by atoms with Crippen LogP contribution in [0.2, 0.25) is 0 Å². The molecule has 1 heterocycles. The third-order valence-corrected chi connectivity index (χ3v) is 5.46. The topological polar surface area (TPSA) is 114 Å². The first-order chi connectivity index (χ1) is 15.2. The molecule has 1 aliphatic rings. The number of carbonyl (C=O) groups excluding carboxylic acids is 2. The van der Waals surface area contributed by atoms with Gasteiger partial charge in [0, 0.05) is 36.1 Å². The molecule has 1 aliphatic heterocycles. The molecule has 0 fully saturated rings. The summed E-state index contributed by atoms with van der Waals surface area (Å²) in [5, 5.41) is 17.3. The van der Waals surface area contributed by atoms with Crippen molar-refractivity contribution >= 4 is 40.6 Å². The Bertz CT molecular complexity index is 1110. The van der Waals surface area contributed by atoms with Gasteiger partial charge in [-0.05, 0) is 49.8 Å². The number of rotatable bonds is 6. The van der Waals surface area contributed by atoms with Gasteiger partial charge in [0.25, 0.3) is 11.6 Å². The van der Waals surface area contributed by atoms with E-state index in [0.717, 1.165) is 5.56 Å². The Morgan fingerprint density at radius 1 is 1.25 bits per heavy atom. The minimum atomic E-state index is -0.554. The molecule has 1 atom stereocenters. The number of nitro benzene ring substituents is 1. The fraction of sp³-hybridized carbons (Fsp3) is 0.227. The smallest absolute Gasteiger partial charge is 0.338 e. The van der Waals surface area contributed by atoms with Crippen molar-refractivity contribution in [1.82, 2.24) is 10.2 Å². The number of nitro groups is 1. The minimum absolute atomic E-state index is 0.161. The number of ether oxygens (including phenoxy) is 1. The van der Waals surface area contributed by atoms with Crippen molar-refractivity contribution in [3.63, 3.8) is 0 Å². The summed E-state index contributed by atoms with van der Waals surface area (Å²) in [4.78, 5) is 37.2. The molecule has 0 aliphatic carbocycles. The van der Waals surface area contributed by atoms with E-state index in [1.54, 1.807) is 50.1 Å². The van der Waals surface area contributed by atoms with E-state index in [-0.39, 0.29) is 17.9 Å². The lowest BCUT2D eigenvalue weighted by Gasteiger charge is -2.35. The van der Waals surface area contributed by atoms with Gasteiger partial charge in [0.05, 0.1) is 23.1 Å². The summed E-state index contributed by atoms with van der Waals surface area (Å²) in [6.45, 7) is 3.80. The summed E-state index contributed by atoms with van der Waals surface area (Å²) in [5.74, 6) is -0.900. The average Bonchev–Trinajstić information content (AvgIpc) is 2.78. The molecule has 1 amide bonds. The summed E-state index contributed by atoms with van der Waals surface area (Å²) in [7, 11) is 1.77. The number of anilines is 1. The first-order valence-electron chi connectivity index (χ1n) is 9.80. The van der Waals surface area contributed by atoms with Crippen LogP contribution in [0.4, 0.5) is 11.4 Å². The maximum absolute atomic E-state index is 12.6. The van der Waals surface area contributed by atoms with E-state index in [4.69, 9.17) is 17.0 Å². The van der Waals surface area contributed by atoms with Gasteiger partial charge in [-0.2, -0.15) is 0 Å². The van der Waals surface area contributed by atoms with Gasteiger partial charge < -0.3 is 20.3 Å². The molecule has 0 saturated heterocycles. The first kappa shape index (κ1) is 22.9. The predicted octanol–water partition coefficient (Wildman–Crippen LogP) is 3.55. The lowest BCUT2D eigenvalue weighted by Crippen LogP contribution is -2.46.